The minimum Gasteiger partial charge on any atom is -0.478 e. The molecule has 1 aromatic carbocycles. The fourth-order valence-electron chi connectivity index (χ4n) is 1.78. The van der Waals surface area contributed by atoms with Gasteiger partial charge in [0.05, 0.1) is 5.69 Å². The first-order chi connectivity index (χ1) is 10.1. The number of aromatic amines is 1. The lowest BCUT2D eigenvalue weighted by molar-refractivity contribution is -0.123. The predicted molar refractivity (Wildman–Crippen MR) is 75.5 cm³/mol. The molecule has 0 spiro atoms. The average molecular weight is 290 g/mol. The zero-order chi connectivity index (χ0) is 15.2. The molecule has 0 fully saturated rings. The van der Waals surface area contributed by atoms with Gasteiger partial charge in [0.15, 0.2) is 12.4 Å². The monoisotopic (exact) mass is 290 g/mol. The molecule has 0 saturated carbocycles. The second-order valence-electron chi connectivity index (χ2n) is 4.49. The number of hydrogen-bond acceptors (Lipinski definition) is 3. The highest BCUT2D eigenvalue weighted by molar-refractivity contribution is 5.77. The van der Waals surface area contributed by atoms with Gasteiger partial charge in [0.2, 0.25) is 5.43 Å². The van der Waals surface area contributed by atoms with Gasteiger partial charge in [-0.2, -0.15) is 0 Å². The van der Waals surface area contributed by atoms with Gasteiger partial charge < -0.3 is 15.0 Å². The van der Waals surface area contributed by atoms with Gasteiger partial charge in [-0.25, -0.2) is 4.39 Å². The molecule has 5 nitrogen and oxygen atoms in total. The molecule has 0 aliphatic heterocycles. The van der Waals surface area contributed by atoms with Crippen molar-refractivity contribution < 1.29 is 13.9 Å². The number of carbonyl (C=O) groups is 1. The van der Waals surface area contributed by atoms with Crippen molar-refractivity contribution in [3.8, 4) is 5.75 Å². The van der Waals surface area contributed by atoms with Crippen LogP contribution in [0.1, 0.15) is 11.3 Å². The number of aromatic nitrogens is 1. The molecule has 0 aliphatic carbocycles. The molecule has 0 bridgehead atoms. The lowest BCUT2D eigenvalue weighted by Gasteiger charge is -2.08. The van der Waals surface area contributed by atoms with Crippen LogP contribution in [0.15, 0.2) is 41.3 Å². The maximum Gasteiger partial charge on any atom is 0.258 e. The summed E-state index contributed by atoms with van der Waals surface area (Å²) in [5.41, 5.74) is 0.918. The lowest BCUT2D eigenvalue weighted by Crippen LogP contribution is -2.29. The van der Waals surface area contributed by atoms with Crippen molar-refractivity contribution in [2.75, 3.05) is 6.61 Å². The number of hydrogen-bond donors (Lipinski definition) is 2. The fraction of sp³-hybridized carbons (Fsp3) is 0.200. The van der Waals surface area contributed by atoms with Crippen molar-refractivity contribution in [3.05, 3.63) is 63.8 Å². The van der Waals surface area contributed by atoms with E-state index in [4.69, 9.17) is 4.74 Å². The number of nitrogens with one attached hydrogen (secondary N) is 2. The molecule has 6 heteroatoms. The van der Waals surface area contributed by atoms with E-state index in [2.05, 4.69) is 10.3 Å². The van der Waals surface area contributed by atoms with Crippen LogP contribution < -0.4 is 15.5 Å². The SMILES string of the molecule is Cc1[nH]ccc(=O)c1OCC(=O)NCc1cccc(F)c1. The maximum atomic E-state index is 13.0. The molecule has 110 valence electrons. The van der Waals surface area contributed by atoms with Crippen LogP contribution in [0.5, 0.6) is 5.75 Å². The molecular formula is C15H15FN2O3. The first kappa shape index (κ1) is 14.8. The first-order valence-corrected chi connectivity index (χ1v) is 6.38. The standard InChI is InChI=1S/C15H15FN2O3/c1-10-15(13(19)5-6-17-10)21-9-14(20)18-8-11-3-2-4-12(16)7-11/h2-7H,8-9H2,1H3,(H,17,19)(H,18,20). The second kappa shape index (κ2) is 6.69. The highest BCUT2D eigenvalue weighted by atomic mass is 19.1. The number of amides is 1. The number of aryl methyl sites for hydroxylation is 1. The molecule has 1 amide bonds. The minimum absolute atomic E-state index is 0.124. The van der Waals surface area contributed by atoms with Crippen LogP contribution in [0, 0.1) is 12.7 Å². The van der Waals surface area contributed by atoms with E-state index in [1.54, 1.807) is 19.1 Å². The third kappa shape index (κ3) is 4.17. The zero-order valence-corrected chi connectivity index (χ0v) is 11.5. The summed E-state index contributed by atoms with van der Waals surface area (Å²) in [6, 6.07) is 7.27. The Morgan fingerprint density at radius 3 is 2.90 bits per heavy atom. The molecule has 0 radical (unpaired) electrons. The van der Waals surface area contributed by atoms with Gasteiger partial charge in [0.25, 0.3) is 5.91 Å². The first-order valence-electron chi connectivity index (χ1n) is 6.38. The van der Waals surface area contributed by atoms with E-state index in [9.17, 15) is 14.0 Å². The van der Waals surface area contributed by atoms with Crippen LogP contribution >= 0.6 is 0 Å². The summed E-state index contributed by atoms with van der Waals surface area (Å²) in [7, 11) is 0. The van der Waals surface area contributed by atoms with Gasteiger partial charge in [0, 0.05) is 18.8 Å². The number of halogens is 1. The van der Waals surface area contributed by atoms with Gasteiger partial charge in [-0.15, -0.1) is 0 Å². The summed E-state index contributed by atoms with van der Waals surface area (Å²) in [6.07, 6.45) is 1.51. The topological polar surface area (TPSA) is 71.2 Å². The van der Waals surface area contributed by atoms with Crippen LogP contribution in [0.3, 0.4) is 0 Å². The number of carbonyl (C=O) groups excluding carboxylic acids is 1. The zero-order valence-electron chi connectivity index (χ0n) is 11.5. The molecule has 0 unspecified atom stereocenters. The summed E-state index contributed by atoms with van der Waals surface area (Å²) in [5.74, 6) is -0.621. The predicted octanol–water partition coefficient (Wildman–Crippen LogP) is 1.52. The number of H-pyrrole nitrogens is 1. The summed E-state index contributed by atoms with van der Waals surface area (Å²) < 4.78 is 18.2. The summed E-state index contributed by atoms with van der Waals surface area (Å²) >= 11 is 0. The number of pyridine rings is 1. The molecule has 21 heavy (non-hydrogen) atoms. The van der Waals surface area contributed by atoms with E-state index < -0.39 is 0 Å². The Balaban J connectivity index is 1.87. The highest BCUT2D eigenvalue weighted by Crippen LogP contribution is 2.07. The van der Waals surface area contributed by atoms with E-state index in [0.29, 0.717) is 11.3 Å². The Labute approximate surface area is 120 Å². The molecule has 0 aliphatic rings. The van der Waals surface area contributed by atoms with Crippen LogP contribution in [-0.4, -0.2) is 17.5 Å². The van der Waals surface area contributed by atoms with Gasteiger partial charge in [-0.1, -0.05) is 12.1 Å². The number of ether oxygens (including phenoxy) is 1. The molecule has 2 rings (SSSR count). The Morgan fingerprint density at radius 1 is 1.38 bits per heavy atom. The Bertz CT molecular complexity index is 697. The smallest absolute Gasteiger partial charge is 0.258 e. The van der Waals surface area contributed by atoms with Crippen LogP contribution in [0.25, 0.3) is 0 Å². The highest BCUT2D eigenvalue weighted by Gasteiger charge is 2.08. The average Bonchev–Trinajstić information content (AvgIpc) is 2.45. The Kier molecular flexibility index (Phi) is 4.71. The molecule has 0 saturated heterocycles. The van der Waals surface area contributed by atoms with Gasteiger partial charge in [-0.3, -0.25) is 9.59 Å². The Morgan fingerprint density at radius 2 is 2.19 bits per heavy atom. The number of rotatable bonds is 5. The molecule has 0 atom stereocenters. The van der Waals surface area contributed by atoms with Crippen LogP contribution in [0.2, 0.25) is 0 Å². The third-order valence-electron chi connectivity index (χ3n) is 2.83. The van der Waals surface area contributed by atoms with Crippen LogP contribution in [-0.2, 0) is 11.3 Å². The van der Waals surface area contributed by atoms with Crippen molar-refractivity contribution in [2.45, 2.75) is 13.5 Å². The van der Waals surface area contributed by atoms with Crippen molar-refractivity contribution >= 4 is 5.91 Å². The lowest BCUT2D eigenvalue weighted by atomic mass is 10.2. The Hall–Kier alpha value is -2.63. The van der Waals surface area contributed by atoms with Crippen molar-refractivity contribution in [1.29, 1.82) is 0 Å². The molecule has 2 N–H and O–H groups in total. The molecule has 1 heterocycles. The molecule has 2 aromatic rings. The molecular weight excluding hydrogens is 275 g/mol. The normalized spacial score (nSPS) is 10.2. The van der Waals surface area contributed by atoms with E-state index in [1.807, 2.05) is 0 Å². The largest absolute Gasteiger partial charge is 0.478 e. The van der Waals surface area contributed by atoms with E-state index in [-0.39, 0.29) is 36.1 Å². The van der Waals surface area contributed by atoms with E-state index in [1.165, 1.54) is 24.4 Å². The third-order valence-corrected chi connectivity index (χ3v) is 2.83. The van der Waals surface area contributed by atoms with Crippen molar-refractivity contribution in [2.24, 2.45) is 0 Å². The summed E-state index contributed by atoms with van der Waals surface area (Å²) in [4.78, 5) is 26.0. The maximum absolute atomic E-state index is 13.0. The van der Waals surface area contributed by atoms with E-state index >= 15 is 0 Å². The number of benzene rings is 1. The van der Waals surface area contributed by atoms with Crippen LogP contribution in [0.4, 0.5) is 4.39 Å². The summed E-state index contributed by atoms with van der Waals surface area (Å²) in [5, 5.41) is 2.59. The van der Waals surface area contributed by atoms with Gasteiger partial charge in [-0.05, 0) is 24.6 Å². The van der Waals surface area contributed by atoms with Crippen molar-refractivity contribution in [3.63, 3.8) is 0 Å². The molecule has 1 aromatic heterocycles. The second-order valence-corrected chi connectivity index (χ2v) is 4.49. The van der Waals surface area contributed by atoms with Gasteiger partial charge in [0.1, 0.15) is 5.82 Å². The van der Waals surface area contributed by atoms with Crippen molar-refractivity contribution in [1.82, 2.24) is 10.3 Å². The van der Waals surface area contributed by atoms with Gasteiger partial charge >= 0.3 is 0 Å². The minimum atomic E-state index is -0.387. The fourth-order valence-corrected chi connectivity index (χ4v) is 1.78. The summed E-state index contributed by atoms with van der Waals surface area (Å²) in [6.45, 7) is 1.61. The quantitative estimate of drug-likeness (QED) is 0.877. The van der Waals surface area contributed by atoms with E-state index in [0.717, 1.165) is 0 Å².